The number of hydrogen-bond donors (Lipinski definition) is 2. The quantitative estimate of drug-likeness (QED) is 0.777. The van der Waals surface area contributed by atoms with Crippen molar-refractivity contribution in [3.05, 3.63) is 65.1 Å². The molecule has 0 saturated heterocycles. The molecule has 20 heavy (non-hydrogen) atoms. The van der Waals surface area contributed by atoms with E-state index in [1.54, 1.807) is 30.7 Å². The van der Waals surface area contributed by atoms with Gasteiger partial charge in [-0.1, -0.05) is 23.7 Å². The van der Waals surface area contributed by atoms with Crippen molar-refractivity contribution in [3.63, 3.8) is 0 Å². The first-order chi connectivity index (χ1) is 9.74. The largest absolute Gasteiger partial charge is 0.360 e. The van der Waals surface area contributed by atoms with Crippen molar-refractivity contribution in [2.45, 2.75) is 6.54 Å². The van der Waals surface area contributed by atoms with E-state index in [0.29, 0.717) is 17.1 Å². The molecule has 0 fully saturated rings. The zero-order chi connectivity index (χ0) is 13.9. The number of nitrogens with zero attached hydrogens (tertiary/aromatic N) is 1. The van der Waals surface area contributed by atoms with Gasteiger partial charge in [0.05, 0.1) is 5.56 Å². The van der Waals surface area contributed by atoms with Crippen LogP contribution in [0.25, 0.3) is 10.9 Å². The highest BCUT2D eigenvalue weighted by molar-refractivity contribution is 6.31. The summed E-state index contributed by atoms with van der Waals surface area (Å²) >= 11 is 5.92. The van der Waals surface area contributed by atoms with Gasteiger partial charge in [0.25, 0.3) is 5.91 Å². The second kappa shape index (κ2) is 5.35. The molecule has 0 aliphatic rings. The lowest BCUT2D eigenvalue weighted by Crippen LogP contribution is -2.22. The second-order valence-electron chi connectivity index (χ2n) is 4.44. The number of rotatable bonds is 3. The average Bonchev–Trinajstić information content (AvgIpc) is 2.89. The number of fused-ring (bicyclic) bond motifs is 1. The molecule has 0 spiro atoms. The molecule has 3 aromatic rings. The minimum atomic E-state index is -0.123. The van der Waals surface area contributed by atoms with Crippen LogP contribution in [-0.2, 0) is 6.54 Å². The number of carbonyl (C=O) groups is 1. The van der Waals surface area contributed by atoms with E-state index in [1.807, 2.05) is 18.2 Å². The number of carbonyl (C=O) groups excluding carboxylic acids is 1. The van der Waals surface area contributed by atoms with Gasteiger partial charge in [-0.3, -0.25) is 9.78 Å². The summed E-state index contributed by atoms with van der Waals surface area (Å²) in [6.45, 7) is 0.451. The number of halogens is 1. The van der Waals surface area contributed by atoms with Gasteiger partial charge in [-0.2, -0.15) is 0 Å². The summed E-state index contributed by atoms with van der Waals surface area (Å²) in [4.78, 5) is 19.3. The summed E-state index contributed by atoms with van der Waals surface area (Å²) in [5.41, 5.74) is 2.42. The molecule has 3 rings (SSSR count). The van der Waals surface area contributed by atoms with Crippen LogP contribution in [0.4, 0.5) is 0 Å². The van der Waals surface area contributed by atoms with Crippen LogP contribution in [0.1, 0.15) is 15.9 Å². The Labute approximate surface area is 120 Å². The van der Waals surface area contributed by atoms with Crippen molar-refractivity contribution in [2.24, 2.45) is 0 Å². The Morgan fingerprint density at radius 2 is 2.25 bits per heavy atom. The van der Waals surface area contributed by atoms with Gasteiger partial charge in [-0.25, -0.2) is 0 Å². The lowest BCUT2D eigenvalue weighted by molar-refractivity contribution is 0.0952. The molecule has 0 atom stereocenters. The monoisotopic (exact) mass is 285 g/mol. The van der Waals surface area contributed by atoms with Crippen molar-refractivity contribution >= 4 is 28.4 Å². The molecule has 2 aromatic heterocycles. The zero-order valence-electron chi connectivity index (χ0n) is 10.6. The Balaban J connectivity index is 1.79. The summed E-state index contributed by atoms with van der Waals surface area (Å²) in [5, 5.41) is 4.38. The van der Waals surface area contributed by atoms with Crippen molar-refractivity contribution in [3.8, 4) is 0 Å². The maximum absolute atomic E-state index is 12.2. The summed E-state index contributed by atoms with van der Waals surface area (Å²) < 4.78 is 0. The van der Waals surface area contributed by atoms with E-state index < -0.39 is 0 Å². The first-order valence-electron chi connectivity index (χ1n) is 6.18. The molecule has 2 N–H and O–H groups in total. The number of H-pyrrole nitrogens is 1. The molecule has 0 radical (unpaired) electrons. The van der Waals surface area contributed by atoms with E-state index in [2.05, 4.69) is 15.3 Å². The standard InChI is InChI=1S/C15H12ClN3O/c16-11-3-4-12-13(9-18-14(12)6-11)15(20)19-8-10-2-1-5-17-7-10/h1-7,9,18H,8H2,(H,19,20). The summed E-state index contributed by atoms with van der Waals surface area (Å²) in [6, 6.07) is 9.18. The molecule has 100 valence electrons. The molecule has 4 nitrogen and oxygen atoms in total. The van der Waals surface area contributed by atoms with Crippen LogP contribution in [0.15, 0.2) is 48.9 Å². The van der Waals surface area contributed by atoms with E-state index in [-0.39, 0.29) is 5.91 Å². The molecule has 5 heteroatoms. The van der Waals surface area contributed by atoms with E-state index in [1.165, 1.54) is 0 Å². The van der Waals surface area contributed by atoms with Gasteiger partial charge in [0.1, 0.15) is 0 Å². The molecule has 0 bridgehead atoms. The topological polar surface area (TPSA) is 57.8 Å². The summed E-state index contributed by atoms with van der Waals surface area (Å²) in [5.74, 6) is -0.123. The van der Waals surface area contributed by atoms with Crippen molar-refractivity contribution in [2.75, 3.05) is 0 Å². The van der Waals surface area contributed by atoms with Gasteiger partial charge in [-0.15, -0.1) is 0 Å². The zero-order valence-corrected chi connectivity index (χ0v) is 11.3. The Morgan fingerprint density at radius 3 is 3.05 bits per heavy atom. The van der Waals surface area contributed by atoms with E-state index in [4.69, 9.17) is 11.6 Å². The molecule has 0 saturated carbocycles. The number of aromatic amines is 1. The van der Waals surface area contributed by atoms with Gasteiger partial charge < -0.3 is 10.3 Å². The van der Waals surface area contributed by atoms with E-state index in [9.17, 15) is 4.79 Å². The fourth-order valence-electron chi connectivity index (χ4n) is 2.07. The predicted octanol–water partition coefficient (Wildman–Crippen LogP) is 3.15. The third kappa shape index (κ3) is 2.51. The fourth-order valence-corrected chi connectivity index (χ4v) is 2.24. The third-order valence-electron chi connectivity index (χ3n) is 3.06. The first-order valence-corrected chi connectivity index (χ1v) is 6.55. The van der Waals surface area contributed by atoms with Gasteiger partial charge >= 0.3 is 0 Å². The smallest absolute Gasteiger partial charge is 0.253 e. The van der Waals surface area contributed by atoms with Crippen molar-refractivity contribution < 1.29 is 4.79 Å². The molecule has 2 heterocycles. The fraction of sp³-hybridized carbons (Fsp3) is 0.0667. The normalized spacial score (nSPS) is 10.7. The van der Waals surface area contributed by atoms with Gasteiger partial charge in [0, 0.05) is 41.1 Å². The highest BCUT2D eigenvalue weighted by atomic mass is 35.5. The molecule has 1 aromatic carbocycles. The van der Waals surface area contributed by atoms with Crippen LogP contribution >= 0.6 is 11.6 Å². The molecule has 0 unspecified atom stereocenters. The van der Waals surface area contributed by atoms with Gasteiger partial charge in [-0.05, 0) is 23.8 Å². The maximum Gasteiger partial charge on any atom is 0.253 e. The Kier molecular flexibility index (Phi) is 3.39. The average molecular weight is 286 g/mol. The number of hydrogen-bond acceptors (Lipinski definition) is 2. The number of nitrogens with one attached hydrogen (secondary N) is 2. The van der Waals surface area contributed by atoms with E-state index in [0.717, 1.165) is 16.5 Å². The number of benzene rings is 1. The van der Waals surface area contributed by atoms with Crippen LogP contribution in [0, 0.1) is 0 Å². The highest BCUT2D eigenvalue weighted by Gasteiger charge is 2.11. The first kappa shape index (κ1) is 12.7. The number of pyridine rings is 1. The number of amides is 1. The number of aromatic nitrogens is 2. The van der Waals surface area contributed by atoms with Crippen molar-refractivity contribution in [1.29, 1.82) is 0 Å². The minimum absolute atomic E-state index is 0.123. The lowest BCUT2D eigenvalue weighted by Gasteiger charge is -2.04. The molecule has 1 amide bonds. The van der Waals surface area contributed by atoms with E-state index >= 15 is 0 Å². The Hall–Kier alpha value is -2.33. The predicted molar refractivity (Wildman–Crippen MR) is 78.7 cm³/mol. The van der Waals surface area contributed by atoms with Crippen LogP contribution in [-0.4, -0.2) is 15.9 Å². The molecule has 0 aliphatic carbocycles. The Morgan fingerprint density at radius 1 is 1.35 bits per heavy atom. The summed E-state index contributed by atoms with van der Waals surface area (Å²) in [7, 11) is 0. The highest BCUT2D eigenvalue weighted by Crippen LogP contribution is 2.21. The van der Waals surface area contributed by atoms with Gasteiger partial charge in [0.15, 0.2) is 0 Å². The second-order valence-corrected chi connectivity index (χ2v) is 4.87. The van der Waals surface area contributed by atoms with Crippen LogP contribution in [0.5, 0.6) is 0 Å². The van der Waals surface area contributed by atoms with Crippen molar-refractivity contribution in [1.82, 2.24) is 15.3 Å². The van der Waals surface area contributed by atoms with Gasteiger partial charge in [0.2, 0.25) is 0 Å². The van der Waals surface area contributed by atoms with Crippen LogP contribution < -0.4 is 5.32 Å². The lowest BCUT2D eigenvalue weighted by atomic mass is 10.1. The summed E-state index contributed by atoms with van der Waals surface area (Å²) in [6.07, 6.45) is 5.13. The maximum atomic E-state index is 12.2. The van der Waals surface area contributed by atoms with Crippen LogP contribution in [0.3, 0.4) is 0 Å². The molecular weight excluding hydrogens is 274 g/mol. The van der Waals surface area contributed by atoms with Crippen LogP contribution in [0.2, 0.25) is 5.02 Å². The molecule has 0 aliphatic heterocycles. The molecular formula is C15H12ClN3O. The minimum Gasteiger partial charge on any atom is -0.360 e. The SMILES string of the molecule is O=C(NCc1cccnc1)c1c[nH]c2cc(Cl)ccc12. The Bertz CT molecular complexity index is 752. The third-order valence-corrected chi connectivity index (χ3v) is 3.30.